The molecule has 0 radical (unpaired) electrons. The van der Waals surface area contributed by atoms with Crippen LogP contribution < -0.4 is 4.74 Å². The van der Waals surface area contributed by atoms with Gasteiger partial charge < -0.3 is 4.74 Å². The van der Waals surface area contributed by atoms with Crippen molar-refractivity contribution in [1.82, 2.24) is 4.98 Å². The van der Waals surface area contributed by atoms with Crippen molar-refractivity contribution in [2.45, 2.75) is 84.7 Å². The Morgan fingerprint density at radius 2 is 1.75 bits per heavy atom. The molecule has 0 amide bonds. The number of nitrogens with zero attached hydrogens (tertiary/aromatic N) is 1. The lowest BCUT2D eigenvalue weighted by Gasteiger charge is -2.18. The molecule has 0 N–H and O–H groups in total. The van der Waals surface area contributed by atoms with E-state index < -0.39 is 0 Å². The Kier molecular flexibility index (Phi) is 9.10. The molecule has 0 fully saturated rings. The Labute approximate surface area is 125 Å². The Bertz CT molecular complexity index is 334. The van der Waals surface area contributed by atoms with Crippen molar-refractivity contribution in [2.75, 3.05) is 0 Å². The summed E-state index contributed by atoms with van der Waals surface area (Å²) in [4.78, 5) is 4.46. The molecule has 1 heterocycles. The molecular formula is C18H31NO. The Morgan fingerprint density at radius 3 is 2.35 bits per heavy atom. The second kappa shape index (κ2) is 10.7. The smallest absolute Gasteiger partial charge is 0.213 e. The van der Waals surface area contributed by atoms with E-state index in [-0.39, 0.29) is 0 Å². The summed E-state index contributed by atoms with van der Waals surface area (Å²) in [6.07, 6.45) is 13.2. The van der Waals surface area contributed by atoms with Crippen LogP contribution in [0.3, 0.4) is 0 Å². The van der Waals surface area contributed by atoms with Crippen molar-refractivity contribution in [2.24, 2.45) is 0 Å². The second-order valence-electron chi connectivity index (χ2n) is 5.63. The summed E-state index contributed by atoms with van der Waals surface area (Å²) in [6.45, 7) is 6.68. The van der Waals surface area contributed by atoms with Gasteiger partial charge in [-0.3, -0.25) is 0 Å². The zero-order chi connectivity index (χ0) is 14.6. The van der Waals surface area contributed by atoms with Gasteiger partial charge >= 0.3 is 0 Å². The van der Waals surface area contributed by atoms with E-state index >= 15 is 0 Å². The summed E-state index contributed by atoms with van der Waals surface area (Å²) in [6, 6.07) is 4.19. The first-order valence-corrected chi connectivity index (χ1v) is 8.41. The van der Waals surface area contributed by atoms with Crippen LogP contribution in [0.5, 0.6) is 5.88 Å². The molecule has 0 aliphatic rings. The quantitative estimate of drug-likeness (QED) is 0.494. The molecule has 1 aromatic rings. The van der Waals surface area contributed by atoms with Crippen molar-refractivity contribution in [3.63, 3.8) is 0 Å². The van der Waals surface area contributed by atoms with Crippen molar-refractivity contribution < 1.29 is 4.74 Å². The number of aryl methyl sites for hydroxylation is 1. The van der Waals surface area contributed by atoms with Crippen molar-refractivity contribution in [3.05, 3.63) is 23.9 Å². The molecule has 0 bridgehead atoms. The van der Waals surface area contributed by atoms with Crippen molar-refractivity contribution in [1.29, 1.82) is 0 Å². The van der Waals surface area contributed by atoms with E-state index in [2.05, 4.69) is 31.8 Å². The van der Waals surface area contributed by atoms with Gasteiger partial charge in [0.15, 0.2) is 0 Å². The van der Waals surface area contributed by atoms with Gasteiger partial charge in [0, 0.05) is 12.3 Å². The molecule has 1 unspecified atom stereocenters. The monoisotopic (exact) mass is 277 g/mol. The first-order valence-electron chi connectivity index (χ1n) is 8.41. The third kappa shape index (κ3) is 6.93. The van der Waals surface area contributed by atoms with Crippen LogP contribution in [0.2, 0.25) is 0 Å². The highest BCUT2D eigenvalue weighted by molar-refractivity contribution is 5.18. The lowest BCUT2D eigenvalue weighted by molar-refractivity contribution is 0.168. The summed E-state index contributed by atoms with van der Waals surface area (Å²) in [5, 5.41) is 0. The van der Waals surface area contributed by atoms with Gasteiger partial charge in [0.1, 0.15) is 6.10 Å². The minimum absolute atomic E-state index is 0.334. The molecule has 1 rings (SSSR count). The maximum Gasteiger partial charge on any atom is 0.213 e. The normalized spacial score (nSPS) is 12.3. The number of aromatic nitrogens is 1. The third-order valence-electron chi connectivity index (χ3n) is 3.64. The largest absolute Gasteiger partial charge is 0.474 e. The van der Waals surface area contributed by atoms with E-state index in [9.17, 15) is 0 Å². The minimum Gasteiger partial charge on any atom is -0.474 e. The van der Waals surface area contributed by atoms with Crippen molar-refractivity contribution in [3.8, 4) is 5.88 Å². The van der Waals surface area contributed by atoms with Gasteiger partial charge in [-0.05, 0) is 37.7 Å². The van der Waals surface area contributed by atoms with E-state index in [1.54, 1.807) is 0 Å². The summed E-state index contributed by atoms with van der Waals surface area (Å²) >= 11 is 0. The molecule has 0 aliphatic heterocycles. The van der Waals surface area contributed by atoms with Crippen LogP contribution in [0.4, 0.5) is 0 Å². The van der Waals surface area contributed by atoms with Crippen LogP contribution in [-0.2, 0) is 6.42 Å². The molecule has 1 aromatic heterocycles. The van der Waals surface area contributed by atoms with Gasteiger partial charge in [0.25, 0.3) is 0 Å². The molecule has 1 atom stereocenters. The SMILES string of the molecule is CCCCCC(CCC)Oc1ccc(CCCC)cn1. The van der Waals surface area contributed by atoms with E-state index in [4.69, 9.17) is 4.74 Å². The standard InChI is InChI=1S/C18H31NO/c1-4-7-9-12-17(10-6-3)20-18-14-13-16(15-19-18)11-8-5-2/h13-15,17H,4-12H2,1-3H3. The summed E-state index contributed by atoms with van der Waals surface area (Å²) < 4.78 is 6.05. The number of unbranched alkanes of at least 4 members (excludes halogenated alkanes) is 3. The van der Waals surface area contributed by atoms with E-state index in [1.165, 1.54) is 44.1 Å². The highest BCUT2D eigenvalue weighted by Crippen LogP contribution is 2.17. The fraction of sp³-hybridized carbons (Fsp3) is 0.722. The predicted molar refractivity (Wildman–Crippen MR) is 86.3 cm³/mol. The number of hydrogen-bond acceptors (Lipinski definition) is 2. The molecule has 0 saturated heterocycles. The van der Waals surface area contributed by atoms with Gasteiger partial charge in [0.05, 0.1) is 0 Å². The van der Waals surface area contributed by atoms with Gasteiger partial charge in [-0.2, -0.15) is 0 Å². The van der Waals surface area contributed by atoms with E-state index in [0.29, 0.717) is 6.10 Å². The Morgan fingerprint density at radius 1 is 0.950 bits per heavy atom. The van der Waals surface area contributed by atoms with E-state index in [1.807, 2.05) is 12.3 Å². The maximum atomic E-state index is 6.05. The molecule has 0 aromatic carbocycles. The number of rotatable bonds is 11. The lowest BCUT2D eigenvalue weighted by atomic mass is 10.1. The highest BCUT2D eigenvalue weighted by atomic mass is 16.5. The zero-order valence-electron chi connectivity index (χ0n) is 13.5. The van der Waals surface area contributed by atoms with Crippen LogP contribution in [0.15, 0.2) is 18.3 Å². The van der Waals surface area contributed by atoms with Gasteiger partial charge in [-0.25, -0.2) is 4.98 Å². The molecule has 2 nitrogen and oxygen atoms in total. The summed E-state index contributed by atoms with van der Waals surface area (Å²) in [5.74, 6) is 0.792. The third-order valence-corrected chi connectivity index (χ3v) is 3.64. The Hall–Kier alpha value is -1.05. The minimum atomic E-state index is 0.334. The van der Waals surface area contributed by atoms with Gasteiger partial charge in [-0.15, -0.1) is 0 Å². The molecule has 0 spiro atoms. The fourth-order valence-corrected chi connectivity index (χ4v) is 2.39. The molecule has 114 valence electrons. The number of ether oxygens (including phenoxy) is 1. The van der Waals surface area contributed by atoms with Gasteiger partial charge in [-0.1, -0.05) is 52.5 Å². The number of hydrogen-bond donors (Lipinski definition) is 0. The fourth-order valence-electron chi connectivity index (χ4n) is 2.39. The average molecular weight is 277 g/mol. The number of pyridine rings is 1. The topological polar surface area (TPSA) is 22.1 Å². The van der Waals surface area contributed by atoms with Crippen LogP contribution >= 0.6 is 0 Å². The maximum absolute atomic E-state index is 6.05. The van der Waals surface area contributed by atoms with Crippen LogP contribution in [0, 0.1) is 0 Å². The van der Waals surface area contributed by atoms with E-state index in [0.717, 1.165) is 25.1 Å². The molecule has 2 heteroatoms. The average Bonchev–Trinajstić information content (AvgIpc) is 2.47. The highest BCUT2D eigenvalue weighted by Gasteiger charge is 2.10. The molecule has 0 saturated carbocycles. The van der Waals surface area contributed by atoms with Crippen LogP contribution in [-0.4, -0.2) is 11.1 Å². The first kappa shape index (κ1) is 17.0. The zero-order valence-corrected chi connectivity index (χ0v) is 13.5. The molecule has 0 aliphatic carbocycles. The second-order valence-corrected chi connectivity index (χ2v) is 5.63. The van der Waals surface area contributed by atoms with Crippen LogP contribution in [0.1, 0.15) is 77.7 Å². The lowest BCUT2D eigenvalue weighted by Crippen LogP contribution is -2.16. The van der Waals surface area contributed by atoms with Crippen LogP contribution in [0.25, 0.3) is 0 Å². The molecule has 20 heavy (non-hydrogen) atoms. The summed E-state index contributed by atoms with van der Waals surface area (Å²) in [5.41, 5.74) is 1.32. The van der Waals surface area contributed by atoms with Crippen molar-refractivity contribution >= 4 is 0 Å². The van der Waals surface area contributed by atoms with Gasteiger partial charge in [0.2, 0.25) is 5.88 Å². The molecular weight excluding hydrogens is 246 g/mol. The summed E-state index contributed by atoms with van der Waals surface area (Å²) in [7, 11) is 0. The Balaban J connectivity index is 2.45. The predicted octanol–water partition coefficient (Wildman–Crippen LogP) is 5.55. The first-order chi connectivity index (χ1) is 9.80.